The number of ether oxygens (including phenoxy) is 2. The van der Waals surface area contributed by atoms with E-state index in [2.05, 4.69) is 48.5 Å². The fraction of sp³-hybridized carbons (Fsp3) is 0.462. The molecule has 0 spiro atoms. The molecule has 0 unspecified atom stereocenters. The van der Waals surface area contributed by atoms with Crippen LogP contribution in [0.3, 0.4) is 0 Å². The summed E-state index contributed by atoms with van der Waals surface area (Å²) < 4.78 is 13.0. The maximum Gasteiger partial charge on any atom is 0.188 e. The Hall–Kier alpha value is -2.62. The van der Waals surface area contributed by atoms with Crippen molar-refractivity contribution in [3.8, 4) is 0 Å². The maximum absolute atomic E-state index is 6.49. The summed E-state index contributed by atoms with van der Waals surface area (Å²) in [6.45, 7) is 0. The van der Waals surface area contributed by atoms with Gasteiger partial charge in [0.1, 0.15) is 24.3 Å². The summed E-state index contributed by atoms with van der Waals surface area (Å²) in [6, 6.07) is 17.7. The van der Waals surface area contributed by atoms with Crippen LogP contribution in [-0.2, 0) is 22.3 Å². The van der Waals surface area contributed by atoms with E-state index < -0.39 is 0 Å². The first-order valence-corrected chi connectivity index (χ1v) is 11.5. The largest absolute Gasteiger partial charge is 0.474 e. The van der Waals surface area contributed by atoms with Crippen LogP contribution in [-0.4, -0.2) is 24.0 Å². The molecule has 2 aromatic rings. The van der Waals surface area contributed by atoms with Gasteiger partial charge in [-0.3, -0.25) is 0 Å². The minimum absolute atomic E-state index is 0.177. The summed E-state index contributed by atoms with van der Waals surface area (Å²) in [4.78, 5) is 10.3. The molecular weight excluding hydrogens is 372 g/mol. The third kappa shape index (κ3) is 2.46. The Morgan fingerprint density at radius 2 is 1.10 bits per heavy atom. The van der Waals surface area contributed by atoms with E-state index in [-0.39, 0.29) is 24.3 Å². The second-order valence-corrected chi connectivity index (χ2v) is 9.44. The molecule has 4 heteroatoms. The van der Waals surface area contributed by atoms with Crippen LogP contribution in [0.1, 0.15) is 60.0 Å². The number of hydrogen-bond donors (Lipinski definition) is 0. The highest BCUT2D eigenvalue weighted by Gasteiger charge is 2.47. The number of nitrogens with zero attached hydrogens (tertiary/aromatic N) is 2. The van der Waals surface area contributed by atoms with Crippen LogP contribution in [0.5, 0.6) is 0 Å². The van der Waals surface area contributed by atoms with Gasteiger partial charge in [0, 0.05) is 24.7 Å². The molecule has 0 N–H and O–H groups in total. The molecule has 1 fully saturated rings. The Morgan fingerprint density at radius 3 is 1.60 bits per heavy atom. The number of fused-ring (bicyclic) bond motifs is 6. The van der Waals surface area contributed by atoms with Crippen molar-refractivity contribution >= 4 is 11.8 Å². The molecule has 0 amide bonds. The van der Waals surface area contributed by atoms with E-state index in [0.717, 1.165) is 37.5 Å². The molecule has 0 aromatic heterocycles. The van der Waals surface area contributed by atoms with Gasteiger partial charge in [0.05, 0.1) is 0 Å². The number of hydrogen-bond acceptors (Lipinski definition) is 4. The van der Waals surface area contributed by atoms with E-state index in [1.165, 1.54) is 35.1 Å². The zero-order chi connectivity index (χ0) is 19.7. The van der Waals surface area contributed by atoms with Crippen molar-refractivity contribution in [3.05, 3.63) is 70.8 Å². The van der Waals surface area contributed by atoms with Gasteiger partial charge >= 0.3 is 0 Å². The van der Waals surface area contributed by atoms with E-state index in [9.17, 15) is 0 Å². The molecular formula is C26H26N2O2. The van der Waals surface area contributed by atoms with E-state index >= 15 is 0 Å². The minimum Gasteiger partial charge on any atom is -0.474 e. The summed E-state index contributed by atoms with van der Waals surface area (Å²) in [5, 5.41) is 0. The second kappa shape index (κ2) is 6.44. The number of benzene rings is 2. The Kier molecular flexibility index (Phi) is 3.67. The third-order valence-corrected chi connectivity index (χ3v) is 7.77. The lowest BCUT2D eigenvalue weighted by molar-refractivity contribution is 0.163. The molecule has 0 radical (unpaired) electrons. The lowest BCUT2D eigenvalue weighted by Gasteiger charge is -2.31. The third-order valence-electron chi connectivity index (χ3n) is 7.77. The smallest absolute Gasteiger partial charge is 0.188 e. The van der Waals surface area contributed by atoms with Gasteiger partial charge in [0.15, 0.2) is 11.8 Å². The highest BCUT2D eigenvalue weighted by Crippen LogP contribution is 2.46. The van der Waals surface area contributed by atoms with Crippen LogP contribution in [0.15, 0.2) is 58.5 Å². The van der Waals surface area contributed by atoms with E-state index in [1.54, 1.807) is 0 Å². The SMILES string of the molecule is c1ccc2c(c1)C[C@H]1OC([C@H]3CCCC[C@H]3C3=N[C@H]4c5ccccc5C[C@H]4O3)=N[C@@H]21. The molecule has 152 valence electrons. The summed E-state index contributed by atoms with van der Waals surface area (Å²) in [6.07, 6.45) is 7.03. The zero-order valence-corrected chi connectivity index (χ0v) is 17.0. The molecule has 0 saturated heterocycles. The predicted octanol–water partition coefficient (Wildman–Crippen LogP) is 4.98. The van der Waals surface area contributed by atoms with Gasteiger partial charge in [-0.05, 0) is 35.1 Å². The van der Waals surface area contributed by atoms with E-state index in [0.29, 0.717) is 11.8 Å². The van der Waals surface area contributed by atoms with Crippen LogP contribution in [0.2, 0.25) is 0 Å². The van der Waals surface area contributed by atoms with Gasteiger partial charge in [-0.15, -0.1) is 0 Å². The average molecular weight is 399 g/mol. The van der Waals surface area contributed by atoms with Crippen LogP contribution in [0.25, 0.3) is 0 Å². The van der Waals surface area contributed by atoms with Gasteiger partial charge in [-0.1, -0.05) is 61.4 Å². The minimum atomic E-state index is 0.177. The molecule has 6 atom stereocenters. The van der Waals surface area contributed by atoms with Crippen LogP contribution >= 0.6 is 0 Å². The van der Waals surface area contributed by atoms with Gasteiger partial charge in [0.2, 0.25) is 0 Å². The molecule has 2 aliphatic heterocycles. The molecule has 1 saturated carbocycles. The van der Waals surface area contributed by atoms with Gasteiger partial charge < -0.3 is 9.47 Å². The van der Waals surface area contributed by atoms with Crippen molar-refractivity contribution in [2.45, 2.75) is 62.8 Å². The Morgan fingerprint density at radius 1 is 0.633 bits per heavy atom. The van der Waals surface area contributed by atoms with E-state index in [4.69, 9.17) is 19.5 Å². The van der Waals surface area contributed by atoms with Gasteiger partial charge in [0.25, 0.3) is 0 Å². The van der Waals surface area contributed by atoms with Crippen LogP contribution in [0.4, 0.5) is 0 Å². The Bertz CT molecular complexity index is 989. The normalized spacial score (nSPS) is 35.5. The highest BCUT2D eigenvalue weighted by molar-refractivity contribution is 5.90. The lowest BCUT2D eigenvalue weighted by Crippen LogP contribution is -2.34. The number of aliphatic imine (C=N–C) groups is 2. The standard InChI is InChI=1S/C26H26N2O2/c1-3-9-17-15(7-1)13-21-23(17)27-25(29-21)19-11-5-6-12-20(19)26-28-24-18-10-4-2-8-16(18)14-22(24)30-26/h1-4,7-10,19-24H,5-6,11-14H2/t19-,20+,21-,22-,23+,24+/m1/s1. The summed E-state index contributed by atoms with van der Waals surface area (Å²) >= 11 is 0. The van der Waals surface area contributed by atoms with E-state index in [1.807, 2.05) is 0 Å². The summed E-state index contributed by atoms with van der Waals surface area (Å²) in [5.74, 6) is 2.55. The van der Waals surface area contributed by atoms with Gasteiger partial charge in [-0.2, -0.15) is 0 Å². The molecule has 7 rings (SSSR count). The second-order valence-electron chi connectivity index (χ2n) is 9.44. The fourth-order valence-electron chi connectivity index (χ4n) is 6.33. The van der Waals surface area contributed by atoms with Crippen LogP contribution < -0.4 is 0 Å². The quantitative estimate of drug-likeness (QED) is 0.716. The first-order valence-electron chi connectivity index (χ1n) is 11.5. The predicted molar refractivity (Wildman–Crippen MR) is 116 cm³/mol. The molecule has 2 heterocycles. The number of rotatable bonds is 2. The average Bonchev–Trinajstić information content (AvgIpc) is 3.52. The van der Waals surface area contributed by atoms with Crippen molar-refractivity contribution < 1.29 is 9.47 Å². The molecule has 2 aromatic carbocycles. The fourth-order valence-corrected chi connectivity index (χ4v) is 6.33. The first-order chi connectivity index (χ1) is 14.8. The molecule has 4 nitrogen and oxygen atoms in total. The first kappa shape index (κ1) is 17.1. The topological polar surface area (TPSA) is 43.2 Å². The van der Waals surface area contributed by atoms with Crippen molar-refractivity contribution in [2.24, 2.45) is 21.8 Å². The zero-order valence-electron chi connectivity index (χ0n) is 17.0. The Balaban J connectivity index is 1.18. The van der Waals surface area contributed by atoms with Crippen molar-refractivity contribution in [1.29, 1.82) is 0 Å². The summed E-state index contributed by atoms with van der Waals surface area (Å²) in [5.41, 5.74) is 5.49. The van der Waals surface area contributed by atoms with Crippen LogP contribution in [0, 0.1) is 11.8 Å². The van der Waals surface area contributed by atoms with Crippen molar-refractivity contribution in [1.82, 2.24) is 0 Å². The van der Waals surface area contributed by atoms with Crippen molar-refractivity contribution in [2.75, 3.05) is 0 Å². The molecule has 30 heavy (non-hydrogen) atoms. The van der Waals surface area contributed by atoms with Gasteiger partial charge in [-0.25, -0.2) is 9.98 Å². The monoisotopic (exact) mass is 398 g/mol. The maximum atomic E-state index is 6.49. The Labute approximate surface area is 177 Å². The van der Waals surface area contributed by atoms with Crippen molar-refractivity contribution in [3.63, 3.8) is 0 Å². The molecule has 0 bridgehead atoms. The molecule has 3 aliphatic carbocycles. The molecule has 5 aliphatic rings. The summed E-state index contributed by atoms with van der Waals surface area (Å²) in [7, 11) is 0. The lowest BCUT2D eigenvalue weighted by atomic mass is 9.78. The highest BCUT2D eigenvalue weighted by atomic mass is 16.5.